The number of rotatable bonds is 2. The van der Waals surface area contributed by atoms with Crippen LogP contribution in [0.15, 0.2) is 0 Å². The zero-order valence-corrected chi connectivity index (χ0v) is 7.55. The number of nitrogens with zero attached hydrogens (tertiary/aromatic N) is 1. The molecular formula is C9H16N2O. The Kier molecular flexibility index (Phi) is 1.65. The fraction of sp³-hybridized carbons (Fsp3) is 0.889. The van der Waals surface area contributed by atoms with E-state index >= 15 is 0 Å². The summed E-state index contributed by atoms with van der Waals surface area (Å²) in [6.07, 6.45) is 3.86. The van der Waals surface area contributed by atoms with Crippen molar-refractivity contribution >= 4 is 5.91 Å². The number of nitrogens with two attached hydrogens (primary N) is 1. The van der Waals surface area contributed by atoms with E-state index in [1.807, 2.05) is 4.90 Å². The minimum absolute atomic E-state index is 0.142. The first-order valence-corrected chi connectivity index (χ1v) is 4.65. The third kappa shape index (κ3) is 1.12. The molecule has 1 saturated heterocycles. The van der Waals surface area contributed by atoms with E-state index in [1.54, 1.807) is 0 Å². The molecule has 0 radical (unpaired) electrons. The summed E-state index contributed by atoms with van der Waals surface area (Å²) in [4.78, 5) is 13.1. The first-order valence-electron chi connectivity index (χ1n) is 4.65. The minimum atomic E-state index is -0.200. The SMILES string of the molecule is CC1(CN2CC(N)C2=O)CCC1. The fourth-order valence-corrected chi connectivity index (χ4v) is 2.07. The van der Waals surface area contributed by atoms with Crippen molar-refractivity contribution in [2.45, 2.75) is 32.2 Å². The van der Waals surface area contributed by atoms with Gasteiger partial charge in [-0.25, -0.2) is 0 Å². The van der Waals surface area contributed by atoms with Crippen molar-refractivity contribution in [3.63, 3.8) is 0 Å². The standard InChI is InChI=1S/C9H16N2O/c1-9(3-2-4-9)6-11-5-7(10)8(11)12/h7H,2-6,10H2,1H3. The van der Waals surface area contributed by atoms with Gasteiger partial charge in [0.15, 0.2) is 0 Å². The van der Waals surface area contributed by atoms with Gasteiger partial charge in [0.25, 0.3) is 0 Å². The van der Waals surface area contributed by atoms with E-state index in [0.29, 0.717) is 5.41 Å². The van der Waals surface area contributed by atoms with Gasteiger partial charge in [-0.15, -0.1) is 0 Å². The normalized spacial score (nSPS) is 32.7. The summed E-state index contributed by atoms with van der Waals surface area (Å²) < 4.78 is 0. The molecule has 0 aromatic heterocycles. The minimum Gasteiger partial charge on any atom is -0.339 e. The molecule has 0 aromatic rings. The van der Waals surface area contributed by atoms with Crippen molar-refractivity contribution in [1.82, 2.24) is 4.90 Å². The molecule has 12 heavy (non-hydrogen) atoms. The van der Waals surface area contributed by atoms with E-state index in [2.05, 4.69) is 6.92 Å². The lowest BCUT2D eigenvalue weighted by Crippen LogP contribution is -2.63. The Hall–Kier alpha value is -0.570. The Morgan fingerprint density at radius 1 is 1.67 bits per heavy atom. The Labute approximate surface area is 72.9 Å². The quantitative estimate of drug-likeness (QED) is 0.605. The smallest absolute Gasteiger partial charge is 0.241 e. The van der Waals surface area contributed by atoms with Crippen LogP contribution >= 0.6 is 0 Å². The Bertz CT molecular complexity index is 211. The molecule has 1 unspecified atom stereocenters. The third-order valence-corrected chi connectivity index (χ3v) is 3.18. The monoisotopic (exact) mass is 168 g/mol. The van der Waals surface area contributed by atoms with Crippen LogP contribution in [0.5, 0.6) is 0 Å². The van der Waals surface area contributed by atoms with Crippen molar-refractivity contribution in [2.24, 2.45) is 11.1 Å². The zero-order valence-electron chi connectivity index (χ0n) is 7.55. The van der Waals surface area contributed by atoms with Crippen molar-refractivity contribution < 1.29 is 4.79 Å². The van der Waals surface area contributed by atoms with Crippen molar-refractivity contribution in [2.75, 3.05) is 13.1 Å². The van der Waals surface area contributed by atoms with Gasteiger partial charge in [0.05, 0.1) is 0 Å². The van der Waals surface area contributed by atoms with Crippen LogP contribution in [0.1, 0.15) is 26.2 Å². The molecule has 1 heterocycles. The van der Waals surface area contributed by atoms with Crippen LogP contribution in [0.2, 0.25) is 0 Å². The lowest BCUT2D eigenvalue weighted by atomic mass is 9.70. The van der Waals surface area contributed by atoms with Gasteiger partial charge in [0.2, 0.25) is 5.91 Å². The van der Waals surface area contributed by atoms with Crippen molar-refractivity contribution in [3.8, 4) is 0 Å². The summed E-state index contributed by atoms with van der Waals surface area (Å²) in [5.74, 6) is 0.142. The maximum Gasteiger partial charge on any atom is 0.241 e. The van der Waals surface area contributed by atoms with Gasteiger partial charge < -0.3 is 10.6 Å². The highest BCUT2D eigenvalue weighted by Crippen LogP contribution is 2.41. The zero-order chi connectivity index (χ0) is 8.77. The second kappa shape index (κ2) is 2.46. The molecular weight excluding hydrogens is 152 g/mol. The molecule has 0 aromatic carbocycles. The molecule has 2 aliphatic rings. The molecule has 2 fully saturated rings. The number of amides is 1. The topological polar surface area (TPSA) is 46.3 Å². The van der Waals surface area contributed by atoms with Crippen LogP contribution in [-0.2, 0) is 4.79 Å². The van der Waals surface area contributed by atoms with Crippen LogP contribution in [0.3, 0.4) is 0 Å². The van der Waals surface area contributed by atoms with Crippen LogP contribution < -0.4 is 5.73 Å². The van der Waals surface area contributed by atoms with E-state index < -0.39 is 0 Å². The number of hydrogen-bond donors (Lipinski definition) is 1. The highest BCUT2D eigenvalue weighted by molar-refractivity contribution is 5.87. The van der Waals surface area contributed by atoms with Crippen LogP contribution in [0.4, 0.5) is 0 Å². The Balaban J connectivity index is 1.84. The average Bonchev–Trinajstić information content (AvgIpc) is 2.00. The first-order chi connectivity index (χ1) is 5.61. The number of β-lactam (4-membered cyclic amide) rings is 1. The van der Waals surface area contributed by atoms with Gasteiger partial charge in [-0.3, -0.25) is 4.79 Å². The molecule has 0 bridgehead atoms. The molecule has 68 valence electrons. The average molecular weight is 168 g/mol. The Morgan fingerprint density at radius 3 is 2.67 bits per heavy atom. The number of carbonyl (C=O) groups excluding carboxylic acids is 1. The van der Waals surface area contributed by atoms with E-state index in [-0.39, 0.29) is 11.9 Å². The molecule has 1 aliphatic carbocycles. The summed E-state index contributed by atoms with van der Waals surface area (Å²) in [7, 11) is 0. The molecule has 2 rings (SSSR count). The summed E-state index contributed by atoms with van der Waals surface area (Å²) in [5, 5.41) is 0. The maximum atomic E-state index is 11.2. The van der Waals surface area contributed by atoms with Gasteiger partial charge in [0.1, 0.15) is 6.04 Å². The molecule has 1 aliphatic heterocycles. The summed E-state index contributed by atoms with van der Waals surface area (Å²) >= 11 is 0. The van der Waals surface area contributed by atoms with Gasteiger partial charge in [0, 0.05) is 13.1 Å². The van der Waals surface area contributed by atoms with Gasteiger partial charge in [-0.1, -0.05) is 13.3 Å². The van der Waals surface area contributed by atoms with E-state index in [9.17, 15) is 4.79 Å². The highest BCUT2D eigenvalue weighted by atomic mass is 16.2. The molecule has 0 spiro atoms. The predicted octanol–water partition coefficient (Wildman–Crippen LogP) is 0.346. The first kappa shape index (κ1) is 8.05. The summed E-state index contributed by atoms with van der Waals surface area (Å²) in [6, 6.07) is -0.200. The second-order valence-corrected chi connectivity index (χ2v) is 4.49. The lowest BCUT2D eigenvalue weighted by Gasteiger charge is -2.46. The molecule has 1 saturated carbocycles. The van der Waals surface area contributed by atoms with Crippen LogP contribution in [-0.4, -0.2) is 29.9 Å². The third-order valence-electron chi connectivity index (χ3n) is 3.18. The van der Waals surface area contributed by atoms with E-state index in [1.165, 1.54) is 19.3 Å². The molecule has 1 amide bonds. The van der Waals surface area contributed by atoms with Crippen LogP contribution in [0.25, 0.3) is 0 Å². The molecule has 2 N–H and O–H groups in total. The van der Waals surface area contributed by atoms with Crippen molar-refractivity contribution in [3.05, 3.63) is 0 Å². The Morgan fingerprint density at radius 2 is 2.33 bits per heavy atom. The summed E-state index contributed by atoms with van der Waals surface area (Å²) in [6.45, 7) is 3.96. The largest absolute Gasteiger partial charge is 0.339 e. The van der Waals surface area contributed by atoms with E-state index in [4.69, 9.17) is 5.73 Å². The van der Waals surface area contributed by atoms with Crippen molar-refractivity contribution in [1.29, 1.82) is 0 Å². The molecule has 3 nitrogen and oxygen atoms in total. The highest BCUT2D eigenvalue weighted by Gasteiger charge is 2.40. The predicted molar refractivity (Wildman–Crippen MR) is 46.5 cm³/mol. The molecule has 3 heteroatoms. The van der Waals surface area contributed by atoms with Crippen LogP contribution in [0, 0.1) is 5.41 Å². The van der Waals surface area contributed by atoms with Gasteiger partial charge in [-0.2, -0.15) is 0 Å². The fourth-order valence-electron chi connectivity index (χ4n) is 2.07. The number of hydrogen-bond acceptors (Lipinski definition) is 2. The van der Waals surface area contributed by atoms with Gasteiger partial charge >= 0.3 is 0 Å². The van der Waals surface area contributed by atoms with E-state index in [0.717, 1.165) is 13.1 Å². The van der Waals surface area contributed by atoms with Gasteiger partial charge in [-0.05, 0) is 18.3 Å². The second-order valence-electron chi connectivity index (χ2n) is 4.49. The molecule has 1 atom stereocenters. The number of likely N-dealkylation sites (tertiary alicyclic amines) is 1. The maximum absolute atomic E-state index is 11.2. The lowest BCUT2D eigenvalue weighted by molar-refractivity contribution is -0.145. The summed E-state index contributed by atoms with van der Waals surface area (Å²) in [5.41, 5.74) is 5.91. The number of carbonyl (C=O) groups is 1.